The topological polar surface area (TPSA) is 57.5 Å². The van der Waals surface area contributed by atoms with Gasteiger partial charge in [0, 0.05) is 11.8 Å². The second-order valence-electron chi connectivity index (χ2n) is 6.16. The number of aromatic nitrogens is 1. The van der Waals surface area contributed by atoms with E-state index in [9.17, 15) is 14.0 Å². The average molecular weight is 333 g/mol. The molecule has 6 heteroatoms. The predicted molar refractivity (Wildman–Crippen MR) is 87.4 cm³/mol. The van der Waals surface area contributed by atoms with Gasteiger partial charge in [0.15, 0.2) is 0 Å². The molecule has 0 saturated carbocycles. The summed E-state index contributed by atoms with van der Waals surface area (Å²) in [4.78, 5) is 23.9. The monoisotopic (exact) mass is 333 g/mol. The van der Waals surface area contributed by atoms with Crippen molar-refractivity contribution >= 4 is 12.1 Å². The van der Waals surface area contributed by atoms with Gasteiger partial charge < -0.3 is 9.47 Å². The van der Waals surface area contributed by atoms with Crippen LogP contribution in [0.2, 0.25) is 0 Å². The molecule has 0 bridgehead atoms. The van der Waals surface area contributed by atoms with Crippen molar-refractivity contribution in [3.8, 4) is 11.3 Å². The molecule has 0 aliphatic heterocycles. The fourth-order valence-corrected chi connectivity index (χ4v) is 2.14. The first-order chi connectivity index (χ1) is 11.2. The van der Waals surface area contributed by atoms with Crippen LogP contribution in [0.25, 0.3) is 11.3 Å². The van der Waals surface area contributed by atoms with Gasteiger partial charge in [0.1, 0.15) is 11.4 Å². The molecule has 128 valence electrons. The summed E-state index contributed by atoms with van der Waals surface area (Å²) in [7, 11) is 0. The molecule has 5 nitrogen and oxygen atoms in total. The highest BCUT2D eigenvalue weighted by Crippen LogP contribution is 2.24. The number of rotatable bonds is 3. The van der Waals surface area contributed by atoms with Gasteiger partial charge in [-0.15, -0.1) is 0 Å². The van der Waals surface area contributed by atoms with Crippen LogP contribution in [-0.2, 0) is 9.47 Å². The van der Waals surface area contributed by atoms with E-state index in [-0.39, 0.29) is 12.2 Å². The summed E-state index contributed by atoms with van der Waals surface area (Å²) >= 11 is 0. The molecule has 24 heavy (non-hydrogen) atoms. The van der Waals surface area contributed by atoms with Gasteiger partial charge in [0.05, 0.1) is 17.9 Å². The van der Waals surface area contributed by atoms with Crippen LogP contribution in [0.5, 0.6) is 0 Å². The lowest BCUT2D eigenvalue weighted by atomic mass is 10.1. The number of ether oxygens (including phenoxy) is 2. The van der Waals surface area contributed by atoms with Crippen molar-refractivity contribution < 1.29 is 23.5 Å². The Labute approximate surface area is 140 Å². The molecular formula is C18H20FNO4. The molecule has 0 N–H and O–H groups in total. The number of nitrogens with zero attached hydrogens (tertiary/aromatic N) is 1. The molecule has 2 rings (SSSR count). The molecule has 0 radical (unpaired) electrons. The first-order valence-electron chi connectivity index (χ1n) is 7.60. The quantitative estimate of drug-likeness (QED) is 0.788. The molecule has 1 aromatic heterocycles. The number of carbonyl (C=O) groups is 2. The molecule has 0 aliphatic carbocycles. The summed E-state index contributed by atoms with van der Waals surface area (Å²) in [6.07, 6.45) is 0.984. The Kier molecular flexibility index (Phi) is 5.07. The lowest BCUT2D eigenvalue weighted by molar-refractivity contribution is 0.0515. The summed E-state index contributed by atoms with van der Waals surface area (Å²) < 4.78 is 25.6. The zero-order valence-electron chi connectivity index (χ0n) is 14.1. The third-order valence-corrected chi connectivity index (χ3v) is 3.10. The summed E-state index contributed by atoms with van der Waals surface area (Å²) in [6, 6.07) is 7.43. The van der Waals surface area contributed by atoms with Crippen molar-refractivity contribution in [2.75, 3.05) is 6.61 Å². The zero-order chi connectivity index (χ0) is 17.9. The molecule has 0 amide bonds. The highest BCUT2D eigenvalue weighted by atomic mass is 19.1. The predicted octanol–water partition coefficient (Wildman–Crippen LogP) is 4.25. The van der Waals surface area contributed by atoms with Crippen molar-refractivity contribution in [2.45, 2.75) is 33.3 Å². The fraction of sp³-hybridized carbons (Fsp3) is 0.333. The molecule has 1 heterocycles. The van der Waals surface area contributed by atoms with Gasteiger partial charge in [-0.3, -0.25) is 4.57 Å². The van der Waals surface area contributed by atoms with Crippen molar-refractivity contribution in [1.29, 1.82) is 0 Å². The Balaban J connectivity index is 2.34. The van der Waals surface area contributed by atoms with E-state index in [1.807, 2.05) is 0 Å². The number of halogens is 1. The smallest absolute Gasteiger partial charge is 0.418 e. The van der Waals surface area contributed by atoms with Gasteiger partial charge in [0.25, 0.3) is 0 Å². The molecule has 0 fully saturated rings. The number of carbonyl (C=O) groups excluding carboxylic acids is 2. The third-order valence-electron chi connectivity index (χ3n) is 3.10. The van der Waals surface area contributed by atoms with Gasteiger partial charge in [0.2, 0.25) is 0 Å². The largest absolute Gasteiger partial charge is 0.462 e. The van der Waals surface area contributed by atoms with E-state index in [1.165, 1.54) is 16.7 Å². The lowest BCUT2D eigenvalue weighted by Gasteiger charge is -2.20. The van der Waals surface area contributed by atoms with Crippen molar-refractivity contribution in [3.63, 3.8) is 0 Å². The third kappa shape index (κ3) is 4.01. The van der Waals surface area contributed by atoms with Gasteiger partial charge >= 0.3 is 12.1 Å². The highest BCUT2D eigenvalue weighted by molar-refractivity contribution is 5.90. The van der Waals surface area contributed by atoms with E-state index in [0.717, 1.165) is 0 Å². The second-order valence-corrected chi connectivity index (χ2v) is 6.16. The van der Waals surface area contributed by atoms with E-state index in [2.05, 4.69) is 0 Å². The molecule has 0 spiro atoms. The van der Waals surface area contributed by atoms with Crippen LogP contribution < -0.4 is 0 Å². The average Bonchev–Trinajstić information content (AvgIpc) is 2.95. The molecule has 0 atom stereocenters. The van der Waals surface area contributed by atoms with E-state index in [4.69, 9.17) is 9.47 Å². The molecule has 0 unspecified atom stereocenters. The summed E-state index contributed by atoms with van der Waals surface area (Å²) in [5.41, 5.74) is 0.142. The van der Waals surface area contributed by atoms with Crippen LogP contribution in [-0.4, -0.2) is 28.8 Å². The van der Waals surface area contributed by atoms with Crippen molar-refractivity contribution in [3.05, 3.63) is 47.9 Å². The molecule has 0 aliphatic rings. The highest BCUT2D eigenvalue weighted by Gasteiger charge is 2.21. The molecule has 0 saturated heterocycles. The van der Waals surface area contributed by atoms with E-state index in [0.29, 0.717) is 11.3 Å². The Morgan fingerprint density at radius 2 is 1.92 bits per heavy atom. The zero-order valence-corrected chi connectivity index (χ0v) is 14.1. The first-order valence-corrected chi connectivity index (χ1v) is 7.60. The van der Waals surface area contributed by atoms with E-state index < -0.39 is 23.5 Å². The fourth-order valence-electron chi connectivity index (χ4n) is 2.14. The Bertz CT molecular complexity index is 759. The SMILES string of the molecule is CCOC(=O)c1ccc(-c2cccn2C(=O)OC(C)(C)C)cc1F. The second kappa shape index (κ2) is 6.86. The van der Waals surface area contributed by atoms with E-state index >= 15 is 0 Å². The molecule has 1 aromatic carbocycles. The maximum atomic E-state index is 14.2. The summed E-state index contributed by atoms with van der Waals surface area (Å²) in [5.74, 6) is -1.42. The van der Waals surface area contributed by atoms with Gasteiger partial charge in [-0.2, -0.15) is 0 Å². The maximum absolute atomic E-state index is 14.2. The van der Waals surface area contributed by atoms with Crippen LogP contribution in [0.1, 0.15) is 38.1 Å². The Hall–Kier alpha value is -2.63. The van der Waals surface area contributed by atoms with Crippen LogP contribution in [0, 0.1) is 5.82 Å². The number of benzene rings is 1. The summed E-state index contributed by atoms with van der Waals surface area (Å²) in [6.45, 7) is 7.12. The van der Waals surface area contributed by atoms with E-state index in [1.54, 1.807) is 52.1 Å². The van der Waals surface area contributed by atoms with Crippen LogP contribution in [0.15, 0.2) is 36.5 Å². The number of hydrogen-bond acceptors (Lipinski definition) is 4. The van der Waals surface area contributed by atoms with Crippen molar-refractivity contribution in [1.82, 2.24) is 4.57 Å². The van der Waals surface area contributed by atoms with Crippen molar-refractivity contribution in [2.24, 2.45) is 0 Å². The van der Waals surface area contributed by atoms with Crippen LogP contribution >= 0.6 is 0 Å². The standard InChI is InChI=1S/C18H20FNO4/c1-5-23-16(21)13-9-8-12(11-14(13)19)15-7-6-10-20(15)17(22)24-18(2,3)4/h6-11H,5H2,1-4H3. The molecular weight excluding hydrogens is 313 g/mol. The van der Waals surface area contributed by atoms with Gasteiger partial charge in [-0.1, -0.05) is 6.07 Å². The van der Waals surface area contributed by atoms with Crippen LogP contribution in [0.4, 0.5) is 9.18 Å². The summed E-state index contributed by atoms with van der Waals surface area (Å²) in [5, 5.41) is 0. The minimum Gasteiger partial charge on any atom is -0.462 e. The number of esters is 1. The van der Waals surface area contributed by atoms with Gasteiger partial charge in [-0.25, -0.2) is 14.0 Å². The van der Waals surface area contributed by atoms with Crippen LogP contribution in [0.3, 0.4) is 0 Å². The Morgan fingerprint density at radius 3 is 2.50 bits per heavy atom. The maximum Gasteiger partial charge on any atom is 0.418 e. The lowest BCUT2D eigenvalue weighted by Crippen LogP contribution is -2.27. The first kappa shape index (κ1) is 17.7. The minimum absolute atomic E-state index is 0.143. The molecule has 2 aromatic rings. The Morgan fingerprint density at radius 1 is 1.21 bits per heavy atom. The minimum atomic E-state index is -0.718. The normalized spacial score (nSPS) is 11.2. The number of hydrogen-bond donors (Lipinski definition) is 0. The van der Waals surface area contributed by atoms with Gasteiger partial charge in [-0.05, 0) is 52.0 Å².